The molecule has 0 radical (unpaired) electrons. The summed E-state index contributed by atoms with van der Waals surface area (Å²) >= 11 is 0. The minimum atomic E-state index is -0.648. The van der Waals surface area contributed by atoms with Gasteiger partial charge in [-0.25, -0.2) is 0 Å². The highest BCUT2D eigenvalue weighted by Crippen LogP contribution is 2.45. The van der Waals surface area contributed by atoms with Crippen LogP contribution in [0.3, 0.4) is 0 Å². The molecule has 0 aromatic rings. The van der Waals surface area contributed by atoms with Gasteiger partial charge in [-0.1, -0.05) is 12.8 Å². The number of ether oxygens (including phenoxy) is 1. The van der Waals surface area contributed by atoms with E-state index in [1.807, 2.05) is 0 Å². The first-order valence-electron chi connectivity index (χ1n) is 4.61. The van der Waals surface area contributed by atoms with E-state index in [2.05, 4.69) is 0 Å². The molecule has 2 aliphatic rings. The number of carboxylic acid groups (broad SMARTS) is 1. The summed E-state index contributed by atoms with van der Waals surface area (Å²) in [6, 6.07) is 0. The van der Waals surface area contributed by atoms with Gasteiger partial charge in [0.05, 0.1) is 11.5 Å². The molecule has 2 rings (SSSR count). The van der Waals surface area contributed by atoms with Crippen molar-refractivity contribution < 1.29 is 14.6 Å². The Morgan fingerprint density at radius 3 is 2.92 bits per heavy atom. The molecular weight excluding hydrogens is 156 g/mol. The van der Waals surface area contributed by atoms with E-state index in [-0.39, 0.29) is 6.10 Å². The largest absolute Gasteiger partial charge is 0.481 e. The van der Waals surface area contributed by atoms with Crippen molar-refractivity contribution in [2.24, 2.45) is 5.41 Å². The van der Waals surface area contributed by atoms with E-state index in [0.29, 0.717) is 13.0 Å². The van der Waals surface area contributed by atoms with Gasteiger partial charge in [0.25, 0.3) is 0 Å². The van der Waals surface area contributed by atoms with Gasteiger partial charge < -0.3 is 9.84 Å². The lowest BCUT2D eigenvalue weighted by molar-refractivity contribution is -0.155. The van der Waals surface area contributed by atoms with Crippen LogP contribution in [0.2, 0.25) is 0 Å². The second-order valence-electron chi connectivity index (χ2n) is 3.82. The van der Waals surface area contributed by atoms with E-state index in [0.717, 1.165) is 25.7 Å². The highest BCUT2D eigenvalue weighted by molar-refractivity contribution is 5.76. The van der Waals surface area contributed by atoms with Crippen LogP contribution in [0.4, 0.5) is 0 Å². The first kappa shape index (κ1) is 8.05. The molecule has 12 heavy (non-hydrogen) atoms. The first-order chi connectivity index (χ1) is 5.76. The molecule has 2 atom stereocenters. The quantitative estimate of drug-likeness (QED) is 0.647. The fourth-order valence-electron chi connectivity index (χ4n) is 2.47. The van der Waals surface area contributed by atoms with Gasteiger partial charge in [0.1, 0.15) is 0 Å². The predicted octanol–water partition coefficient (Wildman–Crippen LogP) is 1.42. The first-order valence-corrected chi connectivity index (χ1v) is 4.61. The molecular formula is C9H14O3. The van der Waals surface area contributed by atoms with Crippen LogP contribution in [-0.2, 0) is 9.53 Å². The number of hydrogen-bond donors (Lipinski definition) is 1. The van der Waals surface area contributed by atoms with Crippen molar-refractivity contribution in [3.05, 3.63) is 0 Å². The monoisotopic (exact) mass is 170 g/mol. The van der Waals surface area contributed by atoms with Gasteiger partial charge in [0.15, 0.2) is 0 Å². The van der Waals surface area contributed by atoms with Gasteiger partial charge >= 0.3 is 5.97 Å². The van der Waals surface area contributed by atoms with Crippen molar-refractivity contribution in [2.75, 3.05) is 6.61 Å². The Balaban J connectivity index is 2.23. The summed E-state index contributed by atoms with van der Waals surface area (Å²) < 4.78 is 5.44. The van der Waals surface area contributed by atoms with E-state index in [1.165, 1.54) is 0 Å². The van der Waals surface area contributed by atoms with Gasteiger partial charge in [-0.15, -0.1) is 0 Å². The minimum absolute atomic E-state index is 0.00347. The lowest BCUT2D eigenvalue weighted by atomic mass is 9.71. The van der Waals surface area contributed by atoms with Crippen LogP contribution >= 0.6 is 0 Å². The molecule has 2 fully saturated rings. The molecule has 1 saturated carbocycles. The summed E-state index contributed by atoms with van der Waals surface area (Å²) in [6.07, 6.45) is 4.64. The summed E-state index contributed by atoms with van der Waals surface area (Å²) in [7, 11) is 0. The second kappa shape index (κ2) is 2.73. The summed E-state index contributed by atoms with van der Waals surface area (Å²) in [4.78, 5) is 11.1. The SMILES string of the molecule is O=C(O)[C@]12CCCC[C@H]1OCC2. The Bertz CT molecular complexity index is 202. The Kier molecular flexibility index (Phi) is 1.83. The number of carbonyl (C=O) groups is 1. The summed E-state index contributed by atoms with van der Waals surface area (Å²) in [5, 5.41) is 9.12. The number of aliphatic carboxylic acids is 1. The van der Waals surface area contributed by atoms with E-state index >= 15 is 0 Å². The molecule has 3 nitrogen and oxygen atoms in total. The second-order valence-corrected chi connectivity index (χ2v) is 3.82. The zero-order valence-corrected chi connectivity index (χ0v) is 7.08. The number of carboxylic acids is 1. The zero-order chi connectivity index (χ0) is 8.60. The topological polar surface area (TPSA) is 46.5 Å². The molecule has 0 spiro atoms. The summed E-state index contributed by atoms with van der Waals surface area (Å²) in [5.41, 5.74) is -0.516. The molecule has 0 unspecified atom stereocenters. The number of fused-ring (bicyclic) bond motifs is 1. The molecule has 0 bridgehead atoms. The van der Waals surface area contributed by atoms with Crippen molar-refractivity contribution in [2.45, 2.75) is 38.2 Å². The Hall–Kier alpha value is -0.570. The lowest BCUT2D eigenvalue weighted by Gasteiger charge is -2.33. The van der Waals surface area contributed by atoms with Crippen LogP contribution in [-0.4, -0.2) is 23.8 Å². The third-order valence-electron chi connectivity index (χ3n) is 3.25. The standard InChI is InChI=1S/C9H14O3/c10-8(11)9-4-2-1-3-7(9)12-6-5-9/h7H,1-6H2,(H,10,11)/t7-,9+/m1/s1. The molecule has 1 N–H and O–H groups in total. The van der Waals surface area contributed by atoms with Crippen LogP contribution in [0, 0.1) is 5.41 Å². The molecule has 1 aliphatic heterocycles. The van der Waals surface area contributed by atoms with Crippen LogP contribution in [0.25, 0.3) is 0 Å². The van der Waals surface area contributed by atoms with Gasteiger partial charge in [-0.3, -0.25) is 4.79 Å². The van der Waals surface area contributed by atoms with E-state index in [9.17, 15) is 4.79 Å². The van der Waals surface area contributed by atoms with Crippen molar-refractivity contribution in [3.63, 3.8) is 0 Å². The molecule has 0 aromatic carbocycles. The normalized spacial score (nSPS) is 40.8. The third-order valence-corrected chi connectivity index (χ3v) is 3.25. The van der Waals surface area contributed by atoms with Gasteiger partial charge in [-0.2, -0.15) is 0 Å². The fourth-order valence-corrected chi connectivity index (χ4v) is 2.47. The van der Waals surface area contributed by atoms with Crippen molar-refractivity contribution in [1.29, 1.82) is 0 Å². The molecule has 1 saturated heterocycles. The third kappa shape index (κ3) is 0.959. The Morgan fingerprint density at radius 1 is 1.42 bits per heavy atom. The molecule has 68 valence electrons. The Morgan fingerprint density at radius 2 is 2.25 bits per heavy atom. The molecule has 1 aliphatic carbocycles. The molecule has 0 aromatic heterocycles. The molecule has 1 heterocycles. The predicted molar refractivity (Wildman–Crippen MR) is 42.9 cm³/mol. The molecule has 0 amide bonds. The van der Waals surface area contributed by atoms with Crippen molar-refractivity contribution in [3.8, 4) is 0 Å². The number of hydrogen-bond acceptors (Lipinski definition) is 2. The maximum absolute atomic E-state index is 11.1. The van der Waals surface area contributed by atoms with Crippen molar-refractivity contribution in [1.82, 2.24) is 0 Å². The van der Waals surface area contributed by atoms with Crippen molar-refractivity contribution >= 4 is 5.97 Å². The molecule has 3 heteroatoms. The average molecular weight is 170 g/mol. The lowest BCUT2D eigenvalue weighted by Crippen LogP contribution is -2.41. The average Bonchev–Trinajstić information content (AvgIpc) is 2.48. The summed E-state index contributed by atoms with van der Waals surface area (Å²) in [5.74, 6) is -0.648. The fraction of sp³-hybridized carbons (Fsp3) is 0.889. The highest BCUT2D eigenvalue weighted by Gasteiger charge is 2.51. The van der Waals surface area contributed by atoms with E-state index < -0.39 is 11.4 Å². The van der Waals surface area contributed by atoms with E-state index in [4.69, 9.17) is 9.84 Å². The van der Waals surface area contributed by atoms with Crippen LogP contribution in [0.5, 0.6) is 0 Å². The van der Waals surface area contributed by atoms with Crippen LogP contribution in [0.1, 0.15) is 32.1 Å². The maximum atomic E-state index is 11.1. The number of rotatable bonds is 1. The minimum Gasteiger partial charge on any atom is -0.481 e. The van der Waals surface area contributed by atoms with Gasteiger partial charge in [-0.05, 0) is 19.3 Å². The zero-order valence-electron chi connectivity index (χ0n) is 7.08. The summed E-state index contributed by atoms with van der Waals surface area (Å²) in [6.45, 7) is 0.636. The maximum Gasteiger partial charge on any atom is 0.312 e. The van der Waals surface area contributed by atoms with E-state index in [1.54, 1.807) is 0 Å². The van der Waals surface area contributed by atoms with Gasteiger partial charge in [0, 0.05) is 6.61 Å². The smallest absolute Gasteiger partial charge is 0.312 e. The van der Waals surface area contributed by atoms with Crippen LogP contribution < -0.4 is 0 Å². The van der Waals surface area contributed by atoms with Crippen LogP contribution in [0.15, 0.2) is 0 Å². The Labute approximate surface area is 71.7 Å². The highest BCUT2D eigenvalue weighted by atomic mass is 16.5. The van der Waals surface area contributed by atoms with Gasteiger partial charge in [0.2, 0.25) is 0 Å².